The Kier molecular flexibility index (Phi) is 8.70. The Labute approximate surface area is 259 Å². The Morgan fingerprint density at radius 2 is 1.81 bits per heavy atom. The van der Waals surface area contributed by atoms with Crippen LogP contribution in [0.25, 0.3) is 0 Å². The number of rotatable bonds is 8. The second-order valence-electron chi connectivity index (χ2n) is 14.6. The van der Waals surface area contributed by atoms with Gasteiger partial charge in [0.25, 0.3) is 5.91 Å². The molecule has 1 aliphatic heterocycles. The van der Waals surface area contributed by atoms with Crippen molar-refractivity contribution in [2.45, 2.75) is 117 Å². The van der Waals surface area contributed by atoms with Crippen LogP contribution in [0.2, 0.25) is 0 Å². The fourth-order valence-corrected chi connectivity index (χ4v) is 8.82. The van der Waals surface area contributed by atoms with E-state index in [-0.39, 0.29) is 41.3 Å². The molecule has 5 heteroatoms. The van der Waals surface area contributed by atoms with E-state index < -0.39 is 0 Å². The zero-order chi connectivity index (χ0) is 31.3. The lowest BCUT2D eigenvalue weighted by Crippen LogP contribution is -2.56. The Bertz CT molecular complexity index is 1440. The van der Waals surface area contributed by atoms with Crippen molar-refractivity contribution in [1.82, 2.24) is 10.2 Å². The average molecular weight is 585 g/mol. The van der Waals surface area contributed by atoms with Crippen LogP contribution in [0, 0.1) is 25.2 Å². The average Bonchev–Trinajstić information content (AvgIpc) is 3.14. The van der Waals surface area contributed by atoms with Crippen molar-refractivity contribution in [1.29, 1.82) is 0 Å². The van der Waals surface area contributed by atoms with E-state index in [9.17, 15) is 9.59 Å². The second-order valence-corrected chi connectivity index (χ2v) is 14.6. The number of hydrogen-bond acceptors (Lipinski definition) is 4. The number of benzene rings is 2. The van der Waals surface area contributed by atoms with Gasteiger partial charge >= 0.3 is 5.97 Å². The van der Waals surface area contributed by atoms with Crippen LogP contribution in [-0.2, 0) is 26.2 Å². The highest BCUT2D eigenvalue weighted by atomic mass is 16.5. The summed E-state index contributed by atoms with van der Waals surface area (Å²) in [6.07, 6.45) is 5.67. The zero-order valence-electron chi connectivity index (χ0n) is 27.9. The minimum atomic E-state index is -0.268. The molecule has 0 bridgehead atoms. The van der Waals surface area contributed by atoms with Gasteiger partial charge in [-0.1, -0.05) is 76.1 Å². The molecule has 1 amide bonds. The molecule has 2 aromatic carbocycles. The third kappa shape index (κ3) is 5.70. The number of nitrogens with one attached hydrogen (secondary N) is 1. The van der Waals surface area contributed by atoms with Crippen molar-refractivity contribution in [2.75, 3.05) is 13.7 Å². The molecular formula is C38H52N2O3. The highest BCUT2D eigenvalue weighted by Crippen LogP contribution is 2.58. The third-order valence-corrected chi connectivity index (χ3v) is 11.4. The van der Waals surface area contributed by atoms with E-state index >= 15 is 0 Å². The molecule has 0 radical (unpaired) electrons. The molecule has 0 saturated heterocycles. The number of esters is 1. The Hall–Kier alpha value is -2.92. The summed E-state index contributed by atoms with van der Waals surface area (Å²) in [5.41, 5.74) is 9.82. The molecule has 5 nitrogen and oxygen atoms in total. The van der Waals surface area contributed by atoms with Crippen molar-refractivity contribution in [3.8, 4) is 0 Å². The van der Waals surface area contributed by atoms with Gasteiger partial charge in [-0.15, -0.1) is 0 Å². The quantitative estimate of drug-likeness (QED) is 0.321. The van der Waals surface area contributed by atoms with Crippen LogP contribution >= 0.6 is 0 Å². The fourth-order valence-electron chi connectivity index (χ4n) is 8.82. The normalized spacial score (nSPS) is 27.8. The molecule has 232 valence electrons. The van der Waals surface area contributed by atoms with Crippen LogP contribution in [0.3, 0.4) is 0 Å². The maximum Gasteiger partial charge on any atom is 0.307 e. The first kappa shape index (κ1) is 31.5. The summed E-state index contributed by atoms with van der Waals surface area (Å²) in [7, 11) is 1.44. The first-order chi connectivity index (χ1) is 20.3. The lowest BCUT2D eigenvalue weighted by Gasteiger charge is -2.56. The molecule has 1 heterocycles. The summed E-state index contributed by atoms with van der Waals surface area (Å²) in [5.74, 6) is 0.872. The van der Waals surface area contributed by atoms with Crippen molar-refractivity contribution >= 4 is 11.9 Å². The van der Waals surface area contributed by atoms with Crippen molar-refractivity contribution in [3.05, 3.63) is 80.9 Å². The molecule has 1 saturated carbocycles. The summed E-state index contributed by atoms with van der Waals surface area (Å²) in [4.78, 5) is 28.6. The van der Waals surface area contributed by atoms with E-state index in [1.807, 2.05) is 6.92 Å². The third-order valence-electron chi connectivity index (χ3n) is 11.4. The van der Waals surface area contributed by atoms with Gasteiger partial charge in [-0.05, 0) is 109 Å². The highest BCUT2D eigenvalue weighted by Gasteiger charge is 2.53. The van der Waals surface area contributed by atoms with Crippen molar-refractivity contribution < 1.29 is 14.3 Å². The number of carbonyl (C=O) groups excluding carboxylic acids is 2. The van der Waals surface area contributed by atoms with Crippen molar-refractivity contribution in [3.63, 3.8) is 0 Å². The second kappa shape index (κ2) is 11.9. The fraction of sp³-hybridized carbons (Fsp3) is 0.579. The Balaban J connectivity index is 1.46. The molecule has 5 atom stereocenters. The molecular weight excluding hydrogens is 532 g/mol. The number of fused-ring (bicyclic) bond motifs is 3. The molecule has 3 aliphatic rings. The zero-order valence-corrected chi connectivity index (χ0v) is 27.9. The highest BCUT2D eigenvalue weighted by molar-refractivity contribution is 5.97. The van der Waals surface area contributed by atoms with Crippen LogP contribution in [0.5, 0.6) is 0 Å². The van der Waals surface area contributed by atoms with Gasteiger partial charge in [0.1, 0.15) is 6.17 Å². The number of aryl methyl sites for hydroxylation is 3. The van der Waals surface area contributed by atoms with Crippen LogP contribution < -0.4 is 5.32 Å². The molecule has 5 rings (SSSR count). The lowest BCUT2D eigenvalue weighted by atomic mass is 9.49. The molecule has 43 heavy (non-hydrogen) atoms. The molecule has 2 aromatic rings. The Morgan fingerprint density at radius 1 is 1.07 bits per heavy atom. The van der Waals surface area contributed by atoms with E-state index in [1.165, 1.54) is 35.8 Å². The first-order valence-electron chi connectivity index (χ1n) is 16.3. The van der Waals surface area contributed by atoms with Crippen LogP contribution in [0.15, 0.2) is 47.5 Å². The summed E-state index contributed by atoms with van der Waals surface area (Å²) in [6, 6.07) is 13.3. The largest absolute Gasteiger partial charge is 0.469 e. The number of hydrogen-bond donors (Lipinski definition) is 1. The number of methoxy groups -OCH3 is 1. The van der Waals surface area contributed by atoms with E-state index in [1.54, 1.807) is 0 Å². The van der Waals surface area contributed by atoms with Gasteiger partial charge in [-0.2, -0.15) is 0 Å². The predicted molar refractivity (Wildman–Crippen MR) is 174 cm³/mol. The molecule has 0 aromatic heterocycles. The standard InChI is InChI=1S/C38H52N2O3/c1-23(2)28-12-15-31-29(20-28)13-16-33-37(7,17-10-18-38(31,33)8)22-40-35(26(5)27(6)36(40)42)39-32(21-34(41)43-9)30-14-11-24(3)19-25(30)4/h11-12,14-15,19-20,23,32-33,35,39H,10,13,16-18,21-22H2,1-9H3/t32-,33+,35-,37-,38+/m0/s1. The maximum absolute atomic E-state index is 13.9. The molecule has 0 spiro atoms. The minimum Gasteiger partial charge on any atom is -0.469 e. The number of ether oxygens (including phenoxy) is 1. The minimum absolute atomic E-state index is 0.0144. The van der Waals surface area contributed by atoms with E-state index in [2.05, 4.69) is 95.1 Å². The van der Waals surface area contributed by atoms with Crippen molar-refractivity contribution in [2.24, 2.45) is 11.3 Å². The number of amides is 1. The van der Waals surface area contributed by atoms with Crippen LogP contribution in [0.1, 0.15) is 119 Å². The van der Waals surface area contributed by atoms with Gasteiger partial charge in [-0.3, -0.25) is 14.9 Å². The smallest absolute Gasteiger partial charge is 0.307 e. The van der Waals surface area contributed by atoms with Crippen LogP contribution in [0.4, 0.5) is 0 Å². The Morgan fingerprint density at radius 3 is 2.49 bits per heavy atom. The lowest BCUT2D eigenvalue weighted by molar-refractivity contribution is -0.141. The first-order valence-corrected chi connectivity index (χ1v) is 16.3. The van der Waals surface area contributed by atoms with E-state index in [4.69, 9.17) is 4.74 Å². The summed E-state index contributed by atoms with van der Waals surface area (Å²) >= 11 is 0. The molecule has 1 fully saturated rings. The maximum atomic E-state index is 13.9. The summed E-state index contributed by atoms with van der Waals surface area (Å²) in [6.45, 7) is 18.4. The van der Waals surface area contributed by atoms with Gasteiger partial charge in [0.05, 0.1) is 13.5 Å². The van der Waals surface area contributed by atoms with Gasteiger partial charge in [0.2, 0.25) is 0 Å². The predicted octanol–water partition coefficient (Wildman–Crippen LogP) is 7.84. The van der Waals surface area contributed by atoms with Gasteiger partial charge in [0, 0.05) is 18.2 Å². The van der Waals surface area contributed by atoms with Gasteiger partial charge in [-0.25, -0.2) is 0 Å². The number of nitrogens with zero attached hydrogens (tertiary/aromatic N) is 1. The van der Waals surface area contributed by atoms with Gasteiger partial charge < -0.3 is 9.64 Å². The number of carbonyl (C=O) groups is 2. The van der Waals surface area contributed by atoms with E-state index in [0.29, 0.717) is 18.4 Å². The van der Waals surface area contributed by atoms with E-state index in [0.717, 1.165) is 48.0 Å². The molecule has 0 unspecified atom stereocenters. The van der Waals surface area contributed by atoms with Gasteiger partial charge in [0.15, 0.2) is 0 Å². The molecule has 2 aliphatic carbocycles. The molecule has 1 N–H and O–H groups in total. The monoisotopic (exact) mass is 584 g/mol. The summed E-state index contributed by atoms with van der Waals surface area (Å²) < 4.78 is 5.11. The SMILES string of the molecule is COC(=O)C[C@H](N[C@@H]1C(C)=C(C)C(=O)N1C[C@]1(C)CCC[C@]2(C)c3ccc(C(C)C)cc3CC[C@H]12)c1ccc(C)cc1C. The summed E-state index contributed by atoms with van der Waals surface area (Å²) in [5, 5.41) is 3.79. The van der Waals surface area contributed by atoms with Crippen LogP contribution in [-0.4, -0.2) is 36.6 Å². The topological polar surface area (TPSA) is 58.6 Å².